The molecule has 4 aromatic rings. The Kier molecular flexibility index (Phi) is 4.02. The van der Waals surface area contributed by atoms with E-state index in [1.165, 1.54) is 32.3 Å². The molecule has 2 aliphatic rings. The Morgan fingerprint density at radius 1 is 1.31 bits per heavy atom. The molecule has 1 N–H and O–H groups in total. The van der Waals surface area contributed by atoms with Crippen LogP contribution in [0.5, 0.6) is 0 Å². The van der Waals surface area contributed by atoms with Gasteiger partial charge in [-0.15, -0.1) is 10.2 Å². The average Bonchev–Trinajstić information content (AvgIpc) is 3.18. The lowest BCUT2D eigenvalue weighted by Crippen LogP contribution is -2.41. The molecule has 9 nitrogen and oxygen atoms in total. The maximum absolute atomic E-state index is 14.2. The fourth-order valence-corrected chi connectivity index (χ4v) is 4.40. The highest BCUT2D eigenvalue weighted by Crippen LogP contribution is 2.43. The molecule has 0 radical (unpaired) electrons. The van der Waals surface area contributed by atoms with Crippen LogP contribution in [-0.4, -0.2) is 47.1 Å². The predicted octanol–water partition coefficient (Wildman–Crippen LogP) is 3.31. The van der Waals surface area contributed by atoms with Crippen LogP contribution >= 0.6 is 0 Å². The summed E-state index contributed by atoms with van der Waals surface area (Å²) < 4.78 is 21.5. The minimum atomic E-state index is -1.83. The number of H-pyrrole nitrogens is 1. The first-order valence-corrected chi connectivity index (χ1v) is 10.7. The molecule has 0 unspecified atom stereocenters. The van der Waals surface area contributed by atoms with Crippen LogP contribution < -0.4 is 0 Å². The lowest BCUT2D eigenvalue weighted by Gasteiger charge is -2.32. The van der Waals surface area contributed by atoms with Crippen molar-refractivity contribution in [2.45, 2.75) is 50.7 Å². The normalized spacial score (nSPS) is 18.8. The van der Waals surface area contributed by atoms with Crippen LogP contribution in [0.2, 0.25) is 0 Å². The quantitative estimate of drug-likeness (QED) is 0.527. The molecule has 1 saturated carbocycles. The molecule has 6 rings (SSSR count). The topological polar surface area (TPSA) is 105 Å². The highest BCUT2D eigenvalue weighted by atomic mass is 19.1. The Balaban J connectivity index is 1.43. The Hall–Kier alpha value is -3.56. The molecular formula is C22H22FN7O2. The number of imidazole rings is 1. The van der Waals surface area contributed by atoms with Gasteiger partial charge < -0.3 is 14.3 Å². The van der Waals surface area contributed by atoms with Crippen LogP contribution in [0.4, 0.5) is 4.39 Å². The van der Waals surface area contributed by atoms with E-state index in [2.05, 4.69) is 26.2 Å². The fraction of sp³-hybridized carbons (Fsp3) is 0.409. The van der Waals surface area contributed by atoms with Gasteiger partial charge in [-0.2, -0.15) is 5.10 Å². The molecule has 164 valence electrons. The molecular weight excluding hydrogens is 413 g/mol. The molecule has 1 atom stereocenters. The molecule has 1 aliphatic carbocycles. The van der Waals surface area contributed by atoms with Crippen molar-refractivity contribution in [3.8, 4) is 0 Å². The number of pyridine rings is 1. The van der Waals surface area contributed by atoms with Gasteiger partial charge in [0.2, 0.25) is 0 Å². The molecule has 32 heavy (non-hydrogen) atoms. The number of rotatable bonds is 4. The van der Waals surface area contributed by atoms with Crippen LogP contribution in [0, 0.1) is 0 Å². The molecule has 0 bridgehead atoms. The predicted molar refractivity (Wildman–Crippen MR) is 111 cm³/mol. The smallest absolute Gasteiger partial charge is 0.312 e. The number of aromatic nitrogens is 6. The highest BCUT2D eigenvalue weighted by Gasteiger charge is 2.39. The summed E-state index contributed by atoms with van der Waals surface area (Å²) in [5, 5.41) is 12.3. The van der Waals surface area contributed by atoms with Crippen LogP contribution in [0.15, 0.2) is 35.1 Å². The summed E-state index contributed by atoms with van der Waals surface area (Å²) in [4.78, 5) is 22.7. The van der Waals surface area contributed by atoms with Gasteiger partial charge in [-0.1, -0.05) is 6.07 Å². The standard InChI is InChI=1S/C22H22FN7O2/c1-22(2,23)21-27-26-19(32-21)20(31)29-9-7-14-17(25-11-24-14)18(29)15-10-16-13(12-5-6-12)4-3-8-30(16)28-15/h3-4,8,10-12,18H,5-7,9H2,1-2H3,(H,24,25)/t18-/m0/s1. The number of carbonyl (C=O) groups is 1. The van der Waals surface area contributed by atoms with E-state index >= 15 is 0 Å². The number of carbonyl (C=O) groups excluding carboxylic acids is 1. The zero-order valence-corrected chi connectivity index (χ0v) is 17.7. The zero-order valence-electron chi connectivity index (χ0n) is 17.7. The lowest BCUT2D eigenvalue weighted by molar-refractivity contribution is 0.0636. The van der Waals surface area contributed by atoms with Crippen LogP contribution in [0.1, 0.15) is 77.9 Å². The number of fused-ring (bicyclic) bond motifs is 2. The van der Waals surface area contributed by atoms with Crippen molar-refractivity contribution in [3.05, 3.63) is 65.1 Å². The third kappa shape index (κ3) is 3.01. The summed E-state index contributed by atoms with van der Waals surface area (Å²) in [6, 6.07) is 5.66. The first kappa shape index (κ1) is 19.1. The number of hydrogen-bond acceptors (Lipinski definition) is 6. The molecule has 5 heterocycles. The van der Waals surface area contributed by atoms with Crippen molar-refractivity contribution in [1.29, 1.82) is 0 Å². The molecule has 1 amide bonds. The Morgan fingerprint density at radius 2 is 2.16 bits per heavy atom. The van der Waals surface area contributed by atoms with E-state index in [0.717, 1.165) is 16.9 Å². The second-order valence-corrected chi connectivity index (χ2v) is 8.94. The Labute approximate surface area is 182 Å². The van der Waals surface area contributed by atoms with Crippen molar-refractivity contribution in [2.24, 2.45) is 0 Å². The number of alkyl halides is 1. The number of hydrogen-bond donors (Lipinski definition) is 1. The summed E-state index contributed by atoms with van der Waals surface area (Å²) in [7, 11) is 0. The number of halogens is 1. The van der Waals surface area contributed by atoms with Gasteiger partial charge in [0.25, 0.3) is 5.89 Å². The van der Waals surface area contributed by atoms with Gasteiger partial charge in [0.1, 0.15) is 6.04 Å². The fourth-order valence-electron chi connectivity index (χ4n) is 4.40. The number of amides is 1. The second-order valence-electron chi connectivity index (χ2n) is 8.94. The van der Waals surface area contributed by atoms with Gasteiger partial charge in [-0.3, -0.25) is 4.79 Å². The van der Waals surface area contributed by atoms with Gasteiger partial charge >= 0.3 is 11.8 Å². The van der Waals surface area contributed by atoms with Crippen molar-refractivity contribution in [3.63, 3.8) is 0 Å². The molecule has 10 heteroatoms. The third-order valence-corrected chi connectivity index (χ3v) is 6.15. The van der Waals surface area contributed by atoms with E-state index in [1.807, 2.05) is 22.8 Å². The van der Waals surface area contributed by atoms with Crippen LogP contribution in [0.25, 0.3) is 5.52 Å². The molecule has 1 fully saturated rings. The molecule has 1 aliphatic heterocycles. The molecule has 0 spiro atoms. The Bertz CT molecular complexity index is 1330. The van der Waals surface area contributed by atoms with Crippen molar-refractivity contribution >= 4 is 11.4 Å². The summed E-state index contributed by atoms with van der Waals surface area (Å²) in [5.74, 6) is -0.367. The molecule has 0 saturated heterocycles. The second kappa shape index (κ2) is 6.72. The summed E-state index contributed by atoms with van der Waals surface area (Å²) in [6.07, 6.45) is 6.52. The first-order chi connectivity index (χ1) is 15.4. The summed E-state index contributed by atoms with van der Waals surface area (Å²) in [6.45, 7) is 3.03. The summed E-state index contributed by atoms with van der Waals surface area (Å²) in [5.41, 5.74) is 2.91. The monoisotopic (exact) mass is 435 g/mol. The van der Waals surface area contributed by atoms with E-state index in [-0.39, 0.29) is 11.8 Å². The van der Waals surface area contributed by atoms with E-state index in [4.69, 9.17) is 9.52 Å². The number of nitrogens with one attached hydrogen (secondary N) is 1. The van der Waals surface area contributed by atoms with Crippen LogP contribution in [-0.2, 0) is 12.1 Å². The number of aromatic amines is 1. The lowest BCUT2D eigenvalue weighted by atomic mass is 9.99. The van der Waals surface area contributed by atoms with Gasteiger partial charge in [-0.05, 0) is 50.3 Å². The van der Waals surface area contributed by atoms with Gasteiger partial charge in [0.15, 0.2) is 5.67 Å². The highest BCUT2D eigenvalue weighted by molar-refractivity contribution is 5.90. The van der Waals surface area contributed by atoms with Crippen molar-refractivity contribution < 1.29 is 13.6 Å². The van der Waals surface area contributed by atoms with E-state index in [0.29, 0.717) is 24.6 Å². The average molecular weight is 435 g/mol. The summed E-state index contributed by atoms with van der Waals surface area (Å²) >= 11 is 0. The van der Waals surface area contributed by atoms with Crippen molar-refractivity contribution in [1.82, 2.24) is 34.7 Å². The molecule has 0 aromatic carbocycles. The minimum Gasteiger partial charge on any atom is -0.413 e. The van der Waals surface area contributed by atoms with Crippen molar-refractivity contribution in [2.75, 3.05) is 6.54 Å². The van der Waals surface area contributed by atoms with Gasteiger partial charge in [0, 0.05) is 24.9 Å². The van der Waals surface area contributed by atoms with E-state index in [1.54, 1.807) is 11.2 Å². The SMILES string of the molecule is CC(C)(F)c1nnc(C(=O)N2CCc3[nH]cnc3[C@@H]2c2cc3c(C4CC4)cccn3n2)o1. The Morgan fingerprint density at radius 3 is 2.91 bits per heavy atom. The van der Waals surface area contributed by atoms with E-state index < -0.39 is 17.6 Å². The number of nitrogens with zero attached hydrogens (tertiary/aromatic N) is 6. The van der Waals surface area contributed by atoms with Gasteiger partial charge in [0.05, 0.1) is 23.2 Å². The largest absolute Gasteiger partial charge is 0.413 e. The maximum Gasteiger partial charge on any atom is 0.312 e. The zero-order chi connectivity index (χ0) is 22.0. The first-order valence-electron chi connectivity index (χ1n) is 10.7. The van der Waals surface area contributed by atoms with Crippen LogP contribution in [0.3, 0.4) is 0 Å². The molecule has 4 aromatic heterocycles. The minimum absolute atomic E-state index is 0.225. The third-order valence-electron chi connectivity index (χ3n) is 6.15. The maximum atomic E-state index is 14.2. The van der Waals surface area contributed by atoms with E-state index in [9.17, 15) is 9.18 Å². The van der Waals surface area contributed by atoms with Gasteiger partial charge in [-0.25, -0.2) is 13.9 Å².